The first-order chi connectivity index (χ1) is 18.6. The monoisotopic (exact) mass is 551 g/mol. The summed E-state index contributed by atoms with van der Waals surface area (Å²) in [7, 11) is -1.90. The predicted molar refractivity (Wildman–Crippen MR) is 151 cm³/mol. The Kier molecular flexibility index (Phi) is 10.0. The van der Waals surface area contributed by atoms with Gasteiger partial charge in [0.25, 0.3) is 0 Å². The average Bonchev–Trinajstić information content (AvgIpc) is 2.94. The number of anilines is 2. The Balaban J connectivity index is 1.65. The van der Waals surface area contributed by atoms with E-state index in [2.05, 4.69) is 16.0 Å². The summed E-state index contributed by atoms with van der Waals surface area (Å²) in [5.74, 6) is -1.09. The highest BCUT2D eigenvalue weighted by atomic mass is 32.2. The van der Waals surface area contributed by atoms with Crippen LogP contribution < -0.4 is 21.7 Å². The van der Waals surface area contributed by atoms with E-state index < -0.39 is 21.7 Å². The van der Waals surface area contributed by atoms with Crippen LogP contribution in [0.2, 0.25) is 0 Å². The highest BCUT2D eigenvalue weighted by molar-refractivity contribution is 7.91. The minimum absolute atomic E-state index is 0.0655. The van der Waals surface area contributed by atoms with E-state index in [0.29, 0.717) is 35.5 Å². The molecule has 3 aromatic rings. The number of hydrogen-bond acceptors (Lipinski definition) is 6. The van der Waals surface area contributed by atoms with Gasteiger partial charge in [-0.25, -0.2) is 13.2 Å². The van der Waals surface area contributed by atoms with Crippen molar-refractivity contribution in [3.8, 4) is 0 Å². The van der Waals surface area contributed by atoms with Gasteiger partial charge in [-0.05, 0) is 53.9 Å². The number of carbonyl (C=O) groups is 3. The summed E-state index contributed by atoms with van der Waals surface area (Å²) >= 11 is 0. The zero-order valence-corrected chi connectivity index (χ0v) is 22.8. The van der Waals surface area contributed by atoms with Crippen LogP contribution in [-0.4, -0.2) is 57.1 Å². The number of urea groups is 1. The van der Waals surface area contributed by atoms with E-state index in [9.17, 15) is 22.8 Å². The second-order valence-corrected chi connectivity index (χ2v) is 11.1. The molecule has 206 valence electrons. The number of carbonyl (C=O) groups excluding carboxylic acids is 3. The van der Waals surface area contributed by atoms with E-state index in [1.54, 1.807) is 43.1 Å². The number of primary amides is 1. The van der Waals surface area contributed by atoms with E-state index >= 15 is 0 Å². The van der Waals surface area contributed by atoms with Crippen LogP contribution in [0.1, 0.15) is 28.4 Å². The number of nitrogens with zero attached hydrogens (tertiary/aromatic N) is 1. The fourth-order valence-corrected chi connectivity index (χ4v) is 4.85. The van der Waals surface area contributed by atoms with Gasteiger partial charge >= 0.3 is 6.03 Å². The molecular formula is C28H33N5O5S. The molecule has 11 heteroatoms. The van der Waals surface area contributed by atoms with Crippen LogP contribution in [0, 0.1) is 0 Å². The van der Waals surface area contributed by atoms with Crippen molar-refractivity contribution in [3.63, 3.8) is 0 Å². The Morgan fingerprint density at radius 2 is 1.67 bits per heavy atom. The van der Waals surface area contributed by atoms with Crippen molar-refractivity contribution in [2.45, 2.75) is 24.8 Å². The number of rotatable bonds is 12. The summed E-state index contributed by atoms with van der Waals surface area (Å²) in [5, 5.41) is 8.40. The minimum Gasteiger partial charge on any atom is -0.376 e. The maximum absolute atomic E-state index is 12.7. The van der Waals surface area contributed by atoms with Crippen LogP contribution in [0.5, 0.6) is 0 Å². The quantitative estimate of drug-likeness (QED) is 0.272. The number of benzene rings is 3. The number of likely N-dealkylation sites (N-methyl/N-ethyl adjacent to an activating group) is 1. The molecule has 0 aliphatic carbocycles. The van der Waals surface area contributed by atoms with Crippen LogP contribution >= 0.6 is 0 Å². The number of nitrogens with one attached hydrogen (secondary N) is 3. The molecule has 0 radical (unpaired) electrons. The zero-order valence-electron chi connectivity index (χ0n) is 21.9. The zero-order chi connectivity index (χ0) is 28.4. The van der Waals surface area contributed by atoms with Gasteiger partial charge < -0.3 is 26.6 Å². The van der Waals surface area contributed by atoms with E-state index in [-0.39, 0.29) is 29.8 Å². The van der Waals surface area contributed by atoms with E-state index in [4.69, 9.17) is 5.73 Å². The van der Waals surface area contributed by atoms with Crippen LogP contribution in [0.4, 0.5) is 16.2 Å². The normalized spacial score (nSPS) is 10.9. The van der Waals surface area contributed by atoms with Gasteiger partial charge in [0, 0.05) is 37.1 Å². The molecule has 0 saturated carbocycles. The van der Waals surface area contributed by atoms with Crippen LogP contribution in [-0.2, 0) is 27.6 Å². The Labute approximate surface area is 228 Å². The molecule has 0 spiro atoms. The summed E-state index contributed by atoms with van der Waals surface area (Å²) < 4.78 is 25.3. The maximum atomic E-state index is 12.7. The molecular weight excluding hydrogens is 518 g/mol. The lowest BCUT2D eigenvalue weighted by molar-refractivity contribution is -0.119. The van der Waals surface area contributed by atoms with Crippen LogP contribution in [0.3, 0.4) is 0 Å². The molecule has 0 aliphatic heterocycles. The van der Waals surface area contributed by atoms with E-state index in [1.807, 2.05) is 30.3 Å². The van der Waals surface area contributed by atoms with Gasteiger partial charge in [0.1, 0.15) is 0 Å². The first-order valence-corrected chi connectivity index (χ1v) is 14.1. The molecule has 0 atom stereocenters. The van der Waals surface area contributed by atoms with Crippen molar-refractivity contribution < 1.29 is 22.8 Å². The fourth-order valence-electron chi connectivity index (χ4n) is 3.74. The maximum Gasteiger partial charge on any atom is 0.321 e. The number of nitrogens with two attached hydrogens (primary N) is 1. The fraction of sp³-hybridized carbons (Fsp3) is 0.250. The molecule has 0 bridgehead atoms. The smallest absolute Gasteiger partial charge is 0.321 e. The SMILES string of the molecule is CCS(=O)(=O)c1ccc(NC(=O)N(C)CCc2ccccc2)cc1CNC(=O)CNc1cccc(C(N)=O)c1. The lowest BCUT2D eigenvalue weighted by atomic mass is 10.1. The van der Waals surface area contributed by atoms with Crippen molar-refractivity contribution in [1.29, 1.82) is 0 Å². The second kappa shape index (κ2) is 13.4. The van der Waals surface area contributed by atoms with Gasteiger partial charge in [-0.2, -0.15) is 0 Å². The van der Waals surface area contributed by atoms with E-state index in [1.165, 1.54) is 18.2 Å². The molecule has 0 fully saturated rings. The number of hydrogen-bond donors (Lipinski definition) is 4. The Bertz CT molecular complexity index is 1430. The highest BCUT2D eigenvalue weighted by Crippen LogP contribution is 2.22. The largest absolute Gasteiger partial charge is 0.376 e. The number of amides is 4. The van der Waals surface area contributed by atoms with Crippen molar-refractivity contribution in [2.24, 2.45) is 5.73 Å². The van der Waals surface area contributed by atoms with Crippen LogP contribution in [0.25, 0.3) is 0 Å². The van der Waals surface area contributed by atoms with Crippen molar-refractivity contribution in [2.75, 3.05) is 36.5 Å². The van der Waals surface area contributed by atoms with Gasteiger partial charge in [0.2, 0.25) is 11.8 Å². The van der Waals surface area contributed by atoms with Gasteiger partial charge in [0.05, 0.1) is 17.2 Å². The van der Waals surface area contributed by atoms with E-state index in [0.717, 1.165) is 5.56 Å². The first-order valence-electron chi connectivity index (χ1n) is 12.4. The van der Waals surface area contributed by atoms with Gasteiger partial charge in [-0.3, -0.25) is 9.59 Å². The molecule has 0 unspecified atom stereocenters. The average molecular weight is 552 g/mol. The topological polar surface area (TPSA) is 151 Å². The predicted octanol–water partition coefficient (Wildman–Crippen LogP) is 3.01. The summed E-state index contributed by atoms with van der Waals surface area (Å²) in [4.78, 5) is 38.2. The molecule has 3 aromatic carbocycles. The molecule has 5 N–H and O–H groups in total. The Hall–Kier alpha value is -4.38. The molecule has 3 rings (SSSR count). The minimum atomic E-state index is -3.58. The molecule has 10 nitrogen and oxygen atoms in total. The lowest BCUT2D eigenvalue weighted by Crippen LogP contribution is -2.33. The molecule has 0 aromatic heterocycles. The third kappa shape index (κ3) is 8.57. The van der Waals surface area contributed by atoms with Gasteiger partial charge in [-0.15, -0.1) is 0 Å². The third-order valence-electron chi connectivity index (χ3n) is 6.03. The highest BCUT2D eigenvalue weighted by Gasteiger charge is 2.19. The summed E-state index contributed by atoms with van der Waals surface area (Å²) in [6, 6.07) is 20.4. The summed E-state index contributed by atoms with van der Waals surface area (Å²) in [6.45, 7) is 1.86. The summed E-state index contributed by atoms with van der Waals surface area (Å²) in [5.41, 5.74) is 8.00. The van der Waals surface area contributed by atoms with Crippen molar-refractivity contribution in [3.05, 3.63) is 89.5 Å². The van der Waals surface area contributed by atoms with Crippen LogP contribution in [0.15, 0.2) is 77.7 Å². The third-order valence-corrected chi connectivity index (χ3v) is 7.86. The molecule has 0 heterocycles. The Morgan fingerprint density at radius 1 is 0.923 bits per heavy atom. The molecule has 0 aliphatic rings. The van der Waals surface area contributed by atoms with Crippen molar-refractivity contribution >= 4 is 39.1 Å². The number of sulfone groups is 1. The first kappa shape index (κ1) is 29.2. The molecule has 4 amide bonds. The van der Waals surface area contributed by atoms with Gasteiger partial charge in [-0.1, -0.05) is 43.3 Å². The standard InChI is InChI=1S/C28H33N5O5S/c1-3-39(37,38)25-13-12-24(32-28(36)33(2)15-14-20-8-5-4-6-9-20)17-22(25)18-31-26(34)19-30-23-11-7-10-21(16-23)27(29)35/h4-13,16-17,30H,3,14-15,18-19H2,1-2H3,(H2,29,35)(H,31,34)(H,32,36). The summed E-state index contributed by atoms with van der Waals surface area (Å²) in [6.07, 6.45) is 0.691. The Morgan fingerprint density at radius 3 is 2.36 bits per heavy atom. The van der Waals surface area contributed by atoms with Crippen molar-refractivity contribution in [1.82, 2.24) is 10.2 Å². The molecule has 0 saturated heterocycles. The van der Waals surface area contributed by atoms with Gasteiger partial charge in [0.15, 0.2) is 9.84 Å². The second-order valence-electron chi connectivity index (χ2n) is 8.89. The molecule has 39 heavy (non-hydrogen) atoms. The lowest BCUT2D eigenvalue weighted by Gasteiger charge is -2.19.